The Hall–Kier alpha value is -2.21. The summed E-state index contributed by atoms with van der Waals surface area (Å²) in [6.07, 6.45) is 5.85. The number of nitrogens with zero attached hydrogens (tertiary/aromatic N) is 3. The summed E-state index contributed by atoms with van der Waals surface area (Å²) in [4.78, 5) is 19.0. The highest BCUT2D eigenvalue weighted by Gasteiger charge is 2.27. The number of piperidine rings is 1. The number of carbonyl (C=O) groups excluding carboxylic acids is 1. The van der Waals surface area contributed by atoms with Gasteiger partial charge in [-0.05, 0) is 38.0 Å². The smallest absolute Gasteiger partial charge is 0.321 e. The van der Waals surface area contributed by atoms with Crippen LogP contribution in [-0.4, -0.2) is 40.7 Å². The minimum Gasteiger partial charge on any atom is -0.495 e. The maximum Gasteiger partial charge on any atom is 0.321 e. The molecule has 6 nitrogen and oxygen atoms in total. The number of urea groups is 1. The molecule has 2 aromatic rings. The standard InChI is InChI=1S/C18H23ClN4O2/c1-3-22-10-8-20-17(22)13-5-4-9-23(12-13)18(24)21-14-6-7-16(25-2)15(19)11-14/h6-8,10-11,13H,3-5,9,12H2,1-2H3,(H,21,24)/t13-/m0/s1. The molecule has 0 bridgehead atoms. The van der Waals surface area contributed by atoms with Crippen LogP contribution in [0.4, 0.5) is 10.5 Å². The van der Waals surface area contributed by atoms with E-state index in [4.69, 9.17) is 16.3 Å². The number of imidazole rings is 1. The fraction of sp³-hybridized carbons (Fsp3) is 0.444. The summed E-state index contributed by atoms with van der Waals surface area (Å²) in [5.41, 5.74) is 0.660. The summed E-state index contributed by atoms with van der Waals surface area (Å²) in [5.74, 6) is 1.92. The molecule has 0 radical (unpaired) electrons. The van der Waals surface area contributed by atoms with E-state index in [2.05, 4.69) is 21.8 Å². The normalized spacial score (nSPS) is 17.4. The second-order valence-corrected chi connectivity index (χ2v) is 6.54. The van der Waals surface area contributed by atoms with Gasteiger partial charge in [0.15, 0.2) is 0 Å². The van der Waals surface area contributed by atoms with Gasteiger partial charge in [0.2, 0.25) is 0 Å². The molecule has 1 aromatic heterocycles. The topological polar surface area (TPSA) is 59.4 Å². The van der Waals surface area contributed by atoms with Crippen LogP contribution in [0.15, 0.2) is 30.6 Å². The van der Waals surface area contributed by atoms with E-state index < -0.39 is 0 Å². The molecule has 1 aliphatic heterocycles. The van der Waals surface area contributed by atoms with E-state index in [-0.39, 0.29) is 11.9 Å². The first-order chi connectivity index (χ1) is 12.1. The molecule has 1 aliphatic rings. The van der Waals surface area contributed by atoms with E-state index in [0.717, 1.165) is 31.8 Å². The fourth-order valence-electron chi connectivity index (χ4n) is 3.27. The number of anilines is 1. The monoisotopic (exact) mass is 362 g/mol. The molecule has 1 aromatic carbocycles. The molecule has 0 unspecified atom stereocenters. The number of amides is 2. The van der Waals surface area contributed by atoms with Gasteiger partial charge in [-0.1, -0.05) is 11.6 Å². The van der Waals surface area contributed by atoms with Gasteiger partial charge in [0.1, 0.15) is 11.6 Å². The third-order valence-electron chi connectivity index (χ3n) is 4.57. The van der Waals surface area contributed by atoms with E-state index >= 15 is 0 Å². The lowest BCUT2D eigenvalue weighted by atomic mass is 9.97. The predicted octanol–water partition coefficient (Wildman–Crippen LogP) is 3.98. The SMILES string of the molecule is CCn1ccnc1[C@H]1CCCN(C(=O)Nc2ccc(OC)c(Cl)c2)C1. The highest BCUT2D eigenvalue weighted by molar-refractivity contribution is 6.32. The molecule has 1 fully saturated rings. The molecule has 2 heterocycles. The molecule has 134 valence electrons. The zero-order valence-corrected chi connectivity index (χ0v) is 15.3. The van der Waals surface area contributed by atoms with E-state index in [1.807, 2.05) is 17.3 Å². The number of carbonyl (C=O) groups is 1. The van der Waals surface area contributed by atoms with Crippen molar-refractivity contribution in [3.05, 3.63) is 41.4 Å². The maximum atomic E-state index is 12.6. The lowest BCUT2D eigenvalue weighted by molar-refractivity contribution is 0.190. The minimum atomic E-state index is -0.111. The molecule has 1 saturated heterocycles. The van der Waals surface area contributed by atoms with Crippen molar-refractivity contribution in [2.45, 2.75) is 32.2 Å². The quantitative estimate of drug-likeness (QED) is 0.895. The van der Waals surface area contributed by atoms with Gasteiger partial charge >= 0.3 is 6.03 Å². The molecule has 1 N–H and O–H groups in total. The number of halogens is 1. The number of aryl methyl sites for hydroxylation is 1. The minimum absolute atomic E-state index is 0.111. The third-order valence-corrected chi connectivity index (χ3v) is 4.86. The van der Waals surface area contributed by atoms with Crippen LogP contribution in [0.5, 0.6) is 5.75 Å². The van der Waals surface area contributed by atoms with Crippen molar-refractivity contribution in [1.82, 2.24) is 14.5 Å². The van der Waals surface area contributed by atoms with Crippen molar-refractivity contribution in [2.75, 3.05) is 25.5 Å². The molecule has 1 atom stereocenters. The Morgan fingerprint density at radius 1 is 1.48 bits per heavy atom. The zero-order valence-electron chi connectivity index (χ0n) is 14.5. The fourth-order valence-corrected chi connectivity index (χ4v) is 3.52. The van der Waals surface area contributed by atoms with Crippen molar-refractivity contribution >= 4 is 23.3 Å². The van der Waals surface area contributed by atoms with E-state index in [1.165, 1.54) is 0 Å². The van der Waals surface area contributed by atoms with Gasteiger partial charge in [0.25, 0.3) is 0 Å². The number of ether oxygens (including phenoxy) is 1. The number of benzene rings is 1. The van der Waals surface area contributed by atoms with Crippen molar-refractivity contribution in [1.29, 1.82) is 0 Å². The predicted molar refractivity (Wildman–Crippen MR) is 98.5 cm³/mol. The first kappa shape index (κ1) is 17.6. The van der Waals surface area contributed by atoms with Gasteiger partial charge in [-0.25, -0.2) is 9.78 Å². The second-order valence-electron chi connectivity index (χ2n) is 6.14. The molecule has 0 saturated carbocycles. The summed E-state index contributed by atoms with van der Waals surface area (Å²) in [6.45, 7) is 4.42. The van der Waals surface area contributed by atoms with Crippen molar-refractivity contribution < 1.29 is 9.53 Å². The summed E-state index contributed by atoms with van der Waals surface area (Å²) in [6, 6.07) is 5.12. The Morgan fingerprint density at radius 3 is 3.04 bits per heavy atom. The van der Waals surface area contributed by atoms with E-state index in [9.17, 15) is 4.79 Å². The number of nitrogens with one attached hydrogen (secondary N) is 1. The van der Waals surface area contributed by atoms with Crippen LogP contribution in [0.25, 0.3) is 0 Å². The highest BCUT2D eigenvalue weighted by Crippen LogP contribution is 2.29. The van der Waals surface area contributed by atoms with Crippen molar-refractivity contribution in [3.63, 3.8) is 0 Å². The summed E-state index contributed by atoms with van der Waals surface area (Å²) >= 11 is 6.12. The zero-order chi connectivity index (χ0) is 17.8. The first-order valence-electron chi connectivity index (χ1n) is 8.53. The number of methoxy groups -OCH3 is 1. The first-order valence-corrected chi connectivity index (χ1v) is 8.90. The molecular formula is C18H23ClN4O2. The average molecular weight is 363 g/mol. The van der Waals surface area contributed by atoms with Crippen molar-refractivity contribution in [2.24, 2.45) is 0 Å². The molecular weight excluding hydrogens is 340 g/mol. The van der Waals surface area contributed by atoms with E-state index in [1.54, 1.807) is 25.3 Å². The summed E-state index contributed by atoms with van der Waals surface area (Å²) in [7, 11) is 1.56. The maximum absolute atomic E-state index is 12.6. The lowest BCUT2D eigenvalue weighted by Crippen LogP contribution is -2.42. The van der Waals surface area contributed by atoms with Crippen LogP contribution in [0, 0.1) is 0 Å². The van der Waals surface area contributed by atoms with Gasteiger partial charge in [0, 0.05) is 43.6 Å². The molecule has 7 heteroatoms. The molecule has 0 aliphatic carbocycles. The van der Waals surface area contributed by atoms with E-state index in [0.29, 0.717) is 23.0 Å². The summed E-state index contributed by atoms with van der Waals surface area (Å²) < 4.78 is 7.28. The van der Waals surface area contributed by atoms with Crippen LogP contribution in [0.2, 0.25) is 5.02 Å². The Kier molecular flexibility index (Phi) is 5.48. The number of aromatic nitrogens is 2. The Balaban J connectivity index is 1.67. The van der Waals surface area contributed by atoms with Crippen LogP contribution in [0.3, 0.4) is 0 Å². The number of likely N-dealkylation sites (tertiary alicyclic amines) is 1. The summed E-state index contributed by atoms with van der Waals surface area (Å²) in [5, 5.41) is 3.39. The second kappa shape index (κ2) is 7.78. The number of hydrogen-bond donors (Lipinski definition) is 1. The highest BCUT2D eigenvalue weighted by atomic mass is 35.5. The number of rotatable bonds is 4. The Morgan fingerprint density at radius 2 is 2.32 bits per heavy atom. The van der Waals surface area contributed by atoms with Crippen LogP contribution < -0.4 is 10.1 Å². The van der Waals surface area contributed by atoms with Crippen LogP contribution in [0.1, 0.15) is 31.5 Å². The van der Waals surface area contributed by atoms with Crippen LogP contribution >= 0.6 is 11.6 Å². The van der Waals surface area contributed by atoms with Gasteiger partial charge in [-0.15, -0.1) is 0 Å². The Bertz CT molecular complexity index is 746. The third kappa shape index (κ3) is 3.90. The molecule has 25 heavy (non-hydrogen) atoms. The average Bonchev–Trinajstić information content (AvgIpc) is 3.11. The molecule has 2 amide bonds. The van der Waals surface area contributed by atoms with Gasteiger partial charge in [-0.2, -0.15) is 0 Å². The van der Waals surface area contributed by atoms with Gasteiger partial charge in [-0.3, -0.25) is 0 Å². The number of hydrogen-bond acceptors (Lipinski definition) is 3. The lowest BCUT2D eigenvalue weighted by Gasteiger charge is -2.32. The Labute approximate surface area is 152 Å². The van der Waals surface area contributed by atoms with Crippen LogP contribution in [-0.2, 0) is 6.54 Å². The van der Waals surface area contributed by atoms with Crippen molar-refractivity contribution in [3.8, 4) is 5.75 Å². The molecule has 3 rings (SSSR count). The largest absolute Gasteiger partial charge is 0.495 e. The molecule has 0 spiro atoms. The van der Waals surface area contributed by atoms with Gasteiger partial charge < -0.3 is 19.5 Å². The van der Waals surface area contributed by atoms with Gasteiger partial charge in [0.05, 0.1) is 12.1 Å².